The van der Waals surface area contributed by atoms with Crippen molar-refractivity contribution in [1.82, 2.24) is 4.90 Å². The van der Waals surface area contributed by atoms with Crippen LogP contribution in [-0.2, 0) is 19.1 Å². The van der Waals surface area contributed by atoms with E-state index in [0.717, 1.165) is 25.8 Å². The summed E-state index contributed by atoms with van der Waals surface area (Å²) in [6.07, 6.45) is 6.87. The Morgan fingerprint density at radius 3 is 2.56 bits per heavy atom. The van der Waals surface area contributed by atoms with E-state index >= 15 is 0 Å². The van der Waals surface area contributed by atoms with Crippen molar-refractivity contribution >= 4 is 11.9 Å². The van der Waals surface area contributed by atoms with Crippen molar-refractivity contribution in [3.8, 4) is 0 Å². The van der Waals surface area contributed by atoms with Crippen molar-refractivity contribution in [3.63, 3.8) is 0 Å². The van der Waals surface area contributed by atoms with Crippen molar-refractivity contribution in [2.24, 2.45) is 35.5 Å². The van der Waals surface area contributed by atoms with E-state index < -0.39 is 0 Å². The van der Waals surface area contributed by atoms with Gasteiger partial charge < -0.3 is 9.47 Å². The molecule has 0 aromatic carbocycles. The standard InChI is InChI=1S/C22H33NO4/c1-4-13-14-7-5-6-8-23-16(17-9-11(2)21(24)26-17)10-15(19(14)23)18-12(3)22(25)27-20(13)18/h11-20H,4-10H2,1-3H3/t11-,12+,13+,14+,15+,16-,17-,18+,19+,20-/m0/s1. The fourth-order valence-corrected chi connectivity index (χ4v) is 7.48. The van der Waals surface area contributed by atoms with Gasteiger partial charge in [-0.3, -0.25) is 14.5 Å². The van der Waals surface area contributed by atoms with E-state index in [-0.39, 0.29) is 36.0 Å². The lowest BCUT2D eigenvalue weighted by atomic mass is 9.60. The van der Waals surface area contributed by atoms with Gasteiger partial charge in [-0.15, -0.1) is 0 Å². The molecule has 4 aliphatic heterocycles. The van der Waals surface area contributed by atoms with Crippen LogP contribution in [0.2, 0.25) is 0 Å². The van der Waals surface area contributed by atoms with E-state index in [4.69, 9.17) is 9.47 Å². The minimum absolute atomic E-state index is 0.00362. The van der Waals surface area contributed by atoms with Crippen LogP contribution in [0.1, 0.15) is 59.3 Å². The van der Waals surface area contributed by atoms with Crippen molar-refractivity contribution in [2.45, 2.75) is 83.6 Å². The number of esters is 2. The van der Waals surface area contributed by atoms with E-state index in [9.17, 15) is 9.59 Å². The predicted octanol–water partition coefficient (Wildman–Crippen LogP) is 3.01. The fraction of sp³-hybridized carbons (Fsp3) is 0.909. The first-order chi connectivity index (χ1) is 13.0. The minimum Gasteiger partial charge on any atom is -0.462 e. The Labute approximate surface area is 162 Å². The molecular weight excluding hydrogens is 342 g/mol. The van der Waals surface area contributed by atoms with Crippen LogP contribution in [0.15, 0.2) is 0 Å². The van der Waals surface area contributed by atoms with Crippen LogP contribution in [0.3, 0.4) is 0 Å². The van der Waals surface area contributed by atoms with Crippen LogP contribution >= 0.6 is 0 Å². The average Bonchev–Trinajstić information content (AvgIpc) is 3.20. The van der Waals surface area contributed by atoms with Crippen molar-refractivity contribution in [3.05, 3.63) is 0 Å². The number of carbonyl (C=O) groups excluding carboxylic acids is 2. The highest BCUT2D eigenvalue weighted by Gasteiger charge is 2.63. The highest BCUT2D eigenvalue weighted by molar-refractivity contribution is 5.75. The summed E-state index contributed by atoms with van der Waals surface area (Å²) in [6.45, 7) is 7.44. The maximum Gasteiger partial charge on any atom is 0.309 e. The molecule has 5 rings (SSSR count). The Morgan fingerprint density at radius 2 is 1.85 bits per heavy atom. The van der Waals surface area contributed by atoms with Gasteiger partial charge in [0.25, 0.3) is 0 Å². The molecule has 0 bridgehead atoms. The van der Waals surface area contributed by atoms with E-state index in [1.54, 1.807) is 0 Å². The number of rotatable bonds is 2. The minimum atomic E-state index is -0.0294. The maximum absolute atomic E-state index is 12.5. The topological polar surface area (TPSA) is 55.8 Å². The largest absolute Gasteiger partial charge is 0.462 e. The molecule has 0 aromatic rings. The molecule has 1 saturated carbocycles. The highest BCUT2D eigenvalue weighted by Crippen LogP contribution is 2.57. The van der Waals surface area contributed by atoms with Crippen LogP contribution in [0, 0.1) is 35.5 Å². The molecule has 10 atom stereocenters. The first-order valence-corrected chi connectivity index (χ1v) is 11.2. The van der Waals surface area contributed by atoms with Gasteiger partial charge in [0.2, 0.25) is 0 Å². The number of hydrogen-bond acceptors (Lipinski definition) is 5. The summed E-state index contributed by atoms with van der Waals surface area (Å²) in [5.74, 6) is 1.94. The Balaban J connectivity index is 1.51. The maximum atomic E-state index is 12.5. The molecule has 0 unspecified atom stereocenters. The number of carbonyl (C=O) groups is 2. The summed E-state index contributed by atoms with van der Waals surface area (Å²) < 4.78 is 11.8. The van der Waals surface area contributed by atoms with Gasteiger partial charge in [-0.25, -0.2) is 0 Å². The second-order valence-corrected chi connectivity index (χ2v) is 9.81. The first-order valence-electron chi connectivity index (χ1n) is 11.2. The molecule has 1 aliphatic carbocycles. The van der Waals surface area contributed by atoms with Crippen molar-refractivity contribution in [1.29, 1.82) is 0 Å². The summed E-state index contributed by atoms with van der Waals surface area (Å²) in [5.41, 5.74) is 0. The lowest BCUT2D eigenvalue weighted by Gasteiger charge is -2.48. The average molecular weight is 376 g/mol. The quantitative estimate of drug-likeness (QED) is 0.695. The summed E-state index contributed by atoms with van der Waals surface area (Å²) in [7, 11) is 0. The zero-order chi connectivity index (χ0) is 18.9. The molecule has 0 amide bonds. The smallest absolute Gasteiger partial charge is 0.309 e. The van der Waals surface area contributed by atoms with E-state index in [2.05, 4.69) is 18.7 Å². The zero-order valence-corrected chi connectivity index (χ0v) is 16.8. The molecule has 5 aliphatic rings. The second-order valence-electron chi connectivity index (χ2n) is 9.81. The molecule has 0 spiro atoms. The van der Waals surface area contributed by atoms with Gasteiger partial charge in [0.1, 0.15) is 12.2 Å². The van der Waals surface area contributed by atoms with Gasteiger partial charge in [0.05, 0.1) is 11.8 Å². The monoisotopic (exact) mass is 375 g/mol. The number of cyclic esters (lactones) is 1. The van der Waals surface area contributed by atoms with Crippen LogP contribution < -0.4 is 0 Å². The third-order valence-corrected chi connectivity index (χ3v) is 8.61. The third kappa shape index (κ3) is 2.53. The van der Waals surface area contributed by atoms with Gasteiger partial charge in [0, 0.05) is 23.9 Å². The fourth-order valence-electron chi connectivity index (χ4n) is 7.48. The van der Waals surface area contributed by atoms with E-state index in [1.165, 1.54) is 19.3 Å². The molecule has 0 N–H and O–H groups in total. The Hall–Kier alpha value is -1.10. The number of ether oxygens (including phenoxy) is 2. The Bertz CT molecular complexity index is 636. The lowest BCUT2D eigenvalue weighted by Crippen LogP contribution is -2.54. The number of fused-ring (bicyclic) bond motifs is 2. The zero-order valence-electron chi connectivity index (χ0n) is 16.8. The summed E-state index contributed by atoms with van der Waals surface area (Å²) in [5, 5.41) is 0. The highest BCUT2D eigenvalue weighted by atomic mass is 16.6. The first kappa shape index (κ1) is 18.0. The number of hydrogen-bond donors (Lipinski definition) is 0. The molecule has 5 fully saturated rings. The van der Waals surface area contributed by atoms with Crippen LogP contribution in [0.4, 0.5) is 0 Å². The van der Waals surface area contributed by atoms with Gasteiger partial charge in [-0.1, -0.05) is 27.2 Å². The second kappa shape index (κ2) is 6.47. The van der Waals surface area contributed by atoms with E-state index in [0.29, 0.717) is 35.8 Å². The van der Waals surface area contributed by atoms with Gasteiger partial charge in [-0.2, -0.15) is 0 Å². The SMILES string of the molecule is CC[C@@H]1[C@H]2CCCCN3[C@H]2[C@H](C[C@H]3[C@@H]2C[C@H](C)C(=O)O2)[C@@H]2[C@H]1OC(=O)[C@@H]2C. The molecule has 5 heteroatoms. The molecule has 150 valence electrons. The molecule has 5 nitrogen and oxygen atoms in total. The Morgan fingerprint density at radius 1 is 1.04 bits per heavy atom. The molecule has 4 heterocycles. The van der Waals surface area contributed by atoms with Crippen molar-refractivity contribution in [2.75, 3.05) is 6.54 Å². The molecule has 4 saturated heterocycles. The molecule has 27 heavy (non-hydrogen) atoms. The van der Waals surface area contributed by atoms with Crippen LogP contribution in [-0.4, -0.2) is 47.7 Å². The summed E-state index contributed by atoms with van der Waals surface area (Å²) in [6, 6.07) is 0.865. The molecular formula is C22H33NO4. The predicted molar refractivity (Wildman–Crippen MR) is 99.7 cm³/mol. The lowest BCUT2D eigenvalue weighted by molar-refractivity contribution is -0.148. The third-order valence-electron chi connectivity index (χ3n) is 8.61. The van der Waals surface area contributed by atoms with E-state index in [1.807, 2.05) is 6.92 Å². The van der Waals surface area contributed by atoms with Crippen LogP contribution in [0.5, 0.6) is 0 Å². The van der Waals surface area contributed by atoms with Crippen LogP contribution in [0.25, 0.3) is 0 Å². The summed E-state index contributed by atoms with van der Waals surface area (Å²) >= 11 is 0. The Kier molecular flexibility index (Phi) is 4.30. The molecule has 0 aromatic heterocycles. The normalized spacial score (nSPS) is 52.1. The van der Waals surface area contributed by atoms with Gasteiger partial charge in [-0.05, 0) is 50.5 Å². The number of nitrogens with zero attached hydrogens (tertiary/aromatic N) is 1. The molecule has 0 radical (unpaired) electrons. The van der Waals surface area contributed by atoms with Crippen molar-refractivity contribution < 1.29 is 19.1 Å². The van der Waals surface area contributed by atoms with Gasteiger partial charge >= 0.3 is 11.9 Å². The summed E-state index contributed by atoms with van der Waals surface area (Å²) in [4.78, 5) is 27.3. The van der Waals surface area contributed by atoms with Gasteiger partial charge in [0.15, 0.2) is 0 Å².